The molecule has 0 saturated heterocycles. The minimum absolute atomic E-state index is 0.00898. The molecule has 27 heavy (non-hydrogen) atoms. The number of carbonyl (C=O) groups excluding carboxylic acids is 3. The Morgan fingerprint density at radius 3 is 2.56 bits per heavy atom. The number of nitrogens with two attached hydrogens (primary N) is 1. The molecule has 2 aromatic rings. The zero-order valence-corrected chi connectivity index (χ0v) is 16.8. The van der Waals surface area contributed by atoms with Gasteiger partial charge in [0.1, 0.15) is 5.00 Å². The second-order valence-electron chi connectivity index (χ2n) is 6.17. The number of thiophene rings is 1. The fourth-order valence-corrected chi connectivity index (χ4v) is 4.99. The quantitative estimate of drug-likeness (QED) is 0.750. The average Bonchev–Trinajstić information content (AvgIpc) is 2.99. The molecule has 0 bridgehead atoms. The highest BCUT2D eigenvalue weighted by Gasteiger charge is 2.28. The van der Waals surface area contributed by atoms with E-state index in [9.17, 15) is 14.4 Å². The van der Waals surface area contributed by atoms with Gasteiger partial charge in [-0.25, -0.2) is 0 Å². The Morgan fingerprint density at radius 2 is 1.96 bits per heavy atom. The molecule has 0 spiro atoms. The maximum atomic E-state index is 12.6. The summed E-state index contributed by atoms with van der Waals surface area (Å²) in [6.07, 6.45) is 0.558. The predicted octanol–water partition coefficient (Wildman–Crippen LogP) is 3.12. The van der Waals surface area contributed by atoms with Crippen molar-refractivity contribution in [2.75, 3.05) is 17.6 Å². The molecule has 0 aliphatic carbocycles. The monoisotopic (exact) mass is 403 g/mol. The average molecular weight is 404 g/mol. The first-order valence-corrected chi connectivity index (χ1v) is 10.4. The van der Waals surface area contributed by atoms with E-state index < -0.39 is 5.91 Å². The number of anilines is 1. The predicted molar refractivity (Wildman–Crippen MR) is 108 cm³/mol. The molecule has 1 aliphatic rings. The Bertz CT molecular complexity index is 890. The molecule has 6 nitrogen and oxygen atoms in total. The number of fused-ring (bicyclic) bond motifs is 1. The summed E-state index contributed by atoms with van der Waals surface area (Å²) in [6, 6.07) is 7.34. The lowest BCUT2D eigenvalue weighted by molar-refractivity contribution is -0.129. The third-order valence-corrected chi connectivity index (χ3v) is 6.43. The van der Waals surface area contributed by atoms with Crippen LogP contribution in [0.1, 0.15) is 45.0 Å². The van der Waals surface area contributed by atoms with Gasteiger partial charge in [-0.2, -0.15) is 0 Å². The maximum Gasteiger partial charge on any atom is 0.256 e. The molecule has 0 unspecified atom stereocenters. The first-order valence-electron chi connectivity index (χ1n) is 8.64. The molecule has 1 aliphatic heterocycles. The van der Waals surface area contributed by atoms with Gasteiger partial charge in [-0.15, -0.1) is 23.1 Å². The number of amides is 3. The minimum Gasteiger partial charge on any atom is -0.365 e. The summed E-state index contributed by atoms with van der Waals surface area (Å²) in [4.78, 5) is 40.0. The number of carbonyl (C=O) groups is 3. The summed E-state index contributed by atoms with van der Waals surface area (Å²) >= 11 is 3.02. The largest absolute Gasteiger partial charge is 0.365 e. The van der Waals surface area contributed by atoms with Gasteiger partial charge in [0.25, 0.3) is 11.8 Å². The molecule has 1 aromatic carbocycles. The smallest absolute Gasteiger partial charge is 0.256 e. The van der Waals surface area contributed by atoms with E-state index in [2.05, 4.69) is 12.2 Å². The molecule has 0 radical (unpaired) electrons. The first-order chi connectivity index (χ1) is 12.9. The van der Waals surface area contributed by atoms with Crippen LogP contribution >= 0.6 is 23.1 Å². The normalized spacial score (nSPS) is 13.2. The van der Waals surface area contributed by atoms with E-state index in [0.717, 1.165) is 21.1 Å². The maximum absolute atomic E-state index is 12.6. The van der Waals surface area contributed by atoms with E-state index in [1.165, 1.54) is 18.3 Å². The zero-order valence-electron chi connectivity index (χ0n) is 15.2. The van der Waals surface area contributed by atoms with Crippen LogP contribution < -0.4 is 11.1 Å². The standard InChI is InChI=1S/C19H21N3O3S2/c1-3-26-13-6-4-12(5-7-13)18(25)21-19-16(17(20)24)14-8-9-22(11(2)23)10-15(14)27-19/h4-7H,3,8-10H2,1-2H3,(H2,20,24)(H,21,25). The zero-order chi connectivity index (χ0) is 19.6. The number of thioether (sulfide) groups is 1. The first kappa shape index (κ1) is 19.4. The van der Waals surface area contributed by atoms with Crippen LogP contribution in [0.25, 0.3) is 0 Å². The molecule has 3 amide bonds. The summed E-state index contributed by atoms with van der Waals surface area (Å²) in [6.45, 7) is 4.58. The SMILES string of the molecule is CCSc1ccc(C(=O)Nc2sc3c(c2C(N)=O)CCN(C(C)=O)C3)cc1. The van der Waals surface area contributed by atoms with E-state index in [1.807, 2.05) is 12.1 Å². The van der Waals surface area contributed by atoms with Crippen molar-refractivity contribution in [3.05, 3.63) is 45.8 Å². The molecular formula is C19H21N3O3S2. The molecule has 0 saturated carbocycles. The Hall–Kier alpha value is -2.32. The lowest BCUT2D eigenvalue weighted by atomic mass is 10.0. The summed E-state index contributed by atoms with van der Waals surface area (Å²) < 4.78 is 0. The molecule has 1 aromatic heterocycles. The third-order valence-electron chi connectivity index (χ3n) is 4.40. The fraction of sp³-hybridized carbons (Fsp3) is 0.316. The van der Waals surface area contributed by atoms with Gasteiger partial charge in [0.2, 0.25) is 5.91 Å². The summed E-state index contributed by atoms with van der Waals surface area (Å²) in [7, 11) is 0. The van der Waals surface area contributed by atoms with Crippen molar-refractivity contribution in [1.82, 2.24) is 4.90 Å². The number of hydrogen-bond acceptors (Lipinski definition) is 5. The van der Waals surface area contributed by atoms with Gasteiger partial charge in [-0.05, 0) is 42.0 Å². The molecule has 3 N–H and O–H groups in total. The Morgan fingerprint density at radius 1 is 1.26 bits per heavy atom. The number of nitrogens with one attached hydrogen (secondary N) is 1. The van der Waals surface area contributed by atoms with E-state index in [4.69, 9.17) is 5.73 Å². The third kappa shape index (κ3) is 4.17. The Labute approximate surface area is 166 Å². The number of hydrogen-bond donors (Lipinski definition) is 2. The van der Waals surface area contributed by atoms with Crippen molar-refractivity contribution in [3.8, 4) is 0 Å². The van der Waals surface area contributed by atoms with Crippen molar-refractivity contribution in [3.63, 3.8) is 0 Å². The van der Waals surface area contributed by atoms with E-state index in [-0.39, 0.29) is 11.8 Å². The van der Waals surface area contributed by atoms with Crippen LogP contribution in [0.4, 0.5) is 5.00 Å². The summed E-state index contributed by atoms with van der Waals surface area (Å²) in [5.41, 5.74) is 7.30. The fourth-order valence-electron chi connectivity index (χ4n) is 3.07. The molecule has 142 valence electrons. The van der Waals surface area contributed by atoms with Gasteiger partial charge < -0.3 is 16.0 Å². The van der Waals surface area contributed by atoms with Crippen LogP contribution in [-0.2, 0) is 17.8 Å². The van der Waals surface area contributed by atoms with Gasteiger partial charge in [0, 0.05) is 28.8 Å². The van der Waals surface area contributed by atoms with Crippen molar-refractivity contribution in [2.45, 2.75) is 31.7 Å². The van der Waals surface area contributed by atoms with Crippen LogP contribution in [0.2, 0.25) is 0 Å². The lowest BCUT2D eigenvalue weighted by Gasteiger charge is -2.25. The lowest BCUT2D eigenvalue weighted by Crippen LogP contribution is -2.34. The summed E-state index contributed by atoms with van der Waals surface area (Å²) in [5, 5.41) is 3.28. The number of benzene rings is 1. The molecule has 8 heteroatoms. The van der Waals surface area contributed by atoms with E-state index in [0.29, 0.717) is 35.6 Å². The van der Waals surface area contributed by atoms with Crippen LogP contribution in [0.3, 0.4) is 0 Å². The van der Waals surface area contributed by atoms with Crippen molar-refractivity contribution >= 4 is 45.8 Å². The van der Waals surface area contributed by atoms with Crippen molar-refractivity contribution < 1.29 is 14.4 Å². The molecule has 0 fully saturated rings. The van der Waals surface area contributed by atoms with Gasteiger partial charge in [-0.1, -0.05) is 6.92 Å². The topological polar surface area (TPSA) is 92.5 Å². The number of nitrogens with zero attached hydrogens (tertiary/aromatic N) is 1. The van der Waals surface area contributed by atoms with Gasteiger partial charge in [0.05, 0.1) is 12.1 Å². The Balaban J connectivity index is 1.85. The number of rotatable bonds is 5. The van der Waals surface area contributed by atoms with Crippen LogP contribution in [0.15, 0.2) is 29.2 Å². The van der Waals surface area contributed by atoms with E-state index >= 15 is 0 Å². The molecule has 2 heterocycles. The van der Waals surface area contributed by atoms with Gasteiger partial charge >= 0.3 is 0 Å². The molecule has 0 atom stereocenters. The molecular weight excluding hydrogens is 382 g/mol. The highest BCUT2D eigenvalue weighted by molar-refractivity contribution is 7.99. The van der Waals surface area contributed by atoms with Crippen LogP contribution in [-0.4, -0.2) is 34.9 Å². The van der Waals surface area contributed by atoms with Crippen molar-refractivity contribution in [2.24, 2.45) is 5.73 Å². The Kier molecular flexibility index (Phi) is 5.86. The second-order valence-corrected chi connectivity index (χ2v) is 8.62. The molecule has 3 rings (SSSR count). The highest BCUT2D eigenvalue weighted by Crippen LogP contribution is 2.37. The summed E-state index contributed by atoms with van der Waals surface area (Å²) in [5.74, 6) is 0.109. The van der Waals surface area contributed by atoms with Gasteiger partial charge in [0.15, 0.2) is 0 Å². The highest BCUT2D eigenvalue weighted by atomic mass is 32.2. The van der Waals surface area contributed by atoms with E-state index in [1.54, 1.807) is 28.8 Å². The minimum atomic E-state index is -0.561. The van der Waals surface area contributed by atoms with Crippen LogP contribution in [0, 0.1) is 0 Å². The number of primary amides is 1. The van der Waals surface area contributed by atoms with Gasteiger partial charge in [-0.3, -0.25) is 14.4 Å². The second kappa shape index (κ2) is 8.14. The van der Waals surface area contributed by atoms with Crippen LogP contribution in [0.5, 0.6) is 0 Å². The van der Waals surface area contributed by atoms with Crippen molar-refractivity contribution in [1.29, 1.82) is 0 Å².